The Balaban J connectivity index is 1.46. The minimum atomic E-state index is -0.336. The number of carbonyl (C=O) groups is 1. The average molecular weight is 326 g/mol. The van der Waals surface area contributed by atoms with Gasteiger partial charge in [-0.1, -0.05) is 6.07 Å². The molecule has 2 fully saturated rings. The zero-order valence-corrected chi connectivity index (χ0v) is 14.1. The number of nitrogens with zero attached hydrogens (tertiary/aromatic N) is 4. The van der Waals surface area contributed by atoms with Crippen LogP contribution in [0.1, 0.15) is 42.2 Å². The second-order valence-electron chi connectivity index (χ2n) is 6.72. The molecule has 24 heavy (non-hydrogen) atoms. The molecule has 6 nitrogen and oxygen atoms in total. The summed E-state index contributed by atoms with van der Waals surface area (Å²) < 4.78 is 6.77. The quantitative estimate of drug-likeness (QED) is 0.790. The van der Waals surface area contributed by atoms with E-state index in [1.807, 2.05) is 13.1 Å². The smallest absolute Gasteiger partial charge is 0.341 e. The van der Waals surface area contributed by atoms with Crippen molar-refractivity contribution >= 4 is 11.8 Å². The summed E-state index contributed by atoms with van der Waals surface area (Å²) in [4.78, 5) is 18.7. The summed E-state index contributed by atoms with van der Waals surface area (Å²) in [6.07, 6.45) is 6.58. The Morgan fingerprint density at radius 1 is 1.33 bits per heavy atom. The molecule has 0 amide bonds. The van der Waals surface area contributed by atoms with E-state index in [2.05, 4.69) is 27.1 Å². The van der Waals surface area contributed by atoms with Gasteiger partial charge < -0.3 is 9.64 Å². The van der Waals surface area contributed by atoms with Gasteiger partial charge in [0.25, 0.3) is 0 Å². The van der Waals surface area contributed by atoms with Gasteiger partial charge in [-0.05, 0) is 43.7 Å². The van der Waals surface area contributed by atoms with Crippen LogP contribution >= 0.6 is 0 Å². The number of fused-ring (bicyclic) bond motifs is 1. The van der Waals surface area contributed by atoms with Crippen molar-refractivity contribution in [3.63, 3.8) is 0 Å². The van der Waals surface area contributed by atoms with Gasteiger partial charge in [0, 0.05) is 25.5 Å². The van der Waals surface area contributed by atoms with Crippen LogP contribution in [0.5, 0.6) is 0 Å². The topological polar surface area (TPSA) is 60.2 Å². The predicted octanol–water partition coefficient (Wildman–Crippen LogP) is 2.52. The highest BCUT2D eigenvalue weighted by Crippen LogP contribution is 2.45. The molecule has 4 rings (SSSR count). The fourth-order valence-corrected chi connectivity index (χ4v) is 3.44. The molecular formula is C18H22N4O2. The van der Waals surface area contributed by atoms with Crippen molar-refractivity contribution in [2.75, 3.05) is 24.6 Å². The van der Waals surface area contributed by atoms with Crippen molar-refractivity contribution in [3.8, 4) is 0 Å². The van der Waals surface area contributed by atoms with E-state index >= 15 is 0 Å². The molecule has 3 heterocycles. The molecular weight excluding hydrogens is 304 g/mol. The van der Waals surface area contributed by atoms with Crippen LogP contribution in [0.15, 0.2) is 30.7 Å². The molecule has 1 aliphatic carbocycles. The lowest BCUT2D eigenvalue weighted by Crippen LogP contribution is -2.22. The molecule has 0 aromatic carbocycles. The zero-order valence-electron chi connectivity index (χ0n) is 14.1. The van der Waals surface area contributed by atoms with Crippen LogP contribution in [0.25, 0.3) is 0 Å². The van der Waals surface area contributed by atoms with E-state index < -0.39 is 0 Å². The lowest BCUT2D eigenvalue weighted by atomic mass is 10.1. The largest absolute Gasteiger partial charge is 0.462 e. The van der Waals surface area contributed by atoms with E-state index in [0.29, 0.717) is 12.2 Å². The number of anilines is 1. The summed E-state index contributed by atoms with van der Waals surface area (Å²) in [5.74, 6) is 2.52. The first kappa shape index (κ1) is 15.2. The first-order valence-electron chi connectivity index (χ1n) is 8.58. The first-order valence-corrected chi connectivity index (χ1v) is 8.58. The Hall–Kier alpha value is -2.37. The van der Waals surface area contributed by atoms with Crippen LogP contribution in [0, 0.1) is 11.8 Å². The van der Waals surface area contributed by atoms with Gasteiger partial charge in [-0.3, -0.25) is 4.68 Å². The van der Waals surface area contributed by atoms with Crippen molar-refractivity contribution in [3.05, 3.63) is 41.9 Å². The molecule has 1 aliphatic heterocycles. The summed E-state index contributed by atoms with van der Waals surface area (Å²) >= 11 is 0. The molecule has 3 unspecified atom stereocenters. The van der Waals surface area contributed by atoms with Crippen molar-refractivity contribution in [2.24, 2.45) is 11.8 Å². The third-order valence-electron chi connectivity index (χ3n) is 5.07. The van der Waals surface area contributed by atoms with Gasteiger partial charge in [0.1, 0.15) is 5.82 Å². The normalized spacial score (nSPS) is 23.0. The second kappa shape index (κ2) is 5.92. The molecule has 2 aromatic heterocycles. The molecule has 0 radical (unpaired) electrons. The summed E-state index contributed by atoms with van der Waals surface area (Å²) in [6.45, 7) is 6.50. The monoisotopic (exact) mass is 326 g/mol. The average Bonchev–Trinajstić information content (AvgIpc) is 3.03. The van der Waals surface area contributed by atoms with Crippen LogP contribution in [0.4, 0.5) is 5.82 Å². The maximum atomic E-state index is 11.7. The Kier molecular flexibility index (Phi) is 3.75. The number of pyridine rings is 1. The molecule has 6 heteroatoms. The first-order chi connectivity index (χ1) is 11.7. The fourth-order valence-electron chi connectivity index (χ4n) is 3.44. The van der Waals surface area contributed by atoms with E-state index in [4.69, 9.17) is 4.74 Å². The number of hydrogen-bond acceptors (Lipinski definition) is 5. The van der Waals surface area contributed by atoms with Gasteiger partial charge in [-0.2, -0.15) is 5.10 Å². The van der Waals surface area contributed by atoms with E-state index in [0.717, 1.165) is 36.3 Å². The minimum Gasteiger partial charge on any atom is -0.462 e. The summed E-state index contributed by atoms with van der Waals surface area (Å²) in [6, 6.07) is 4.20. The Bertz CT molecular complexity index is 730. The van der Waals surface area contributed by atoms with Crippen LogP contribution in [-0.4, -0.2) is 40.4 Å². The van der Waals surface area contributed by atoms with Gasteiger partial charge in [0.15, 0.2) is 0 Å². The highest BCUT2D eigenvalue weighted by Gasteiger charge is 2.45. The van der Waals surface area contributed by atoms with E-state index in [1.165, 1.54) is 6.42 Å². The predicted molar refractivity (Wildman–Crippen MR) is 90.0 cm³/mol. The third kappa shape index (κ3) is 2.77. The lowest BCUT2D eigenvalue weighted by molar-refractivity contribution is 0.0526. The fraction of sp³-hybridized carbons (Fsp3) is 0.500. The number of ether oxygens (including phenoxy) is 1. The number of hydrogen-bond donors (Lipinski definition) is 0. The van der Waals surface area contributed by atoms with Crippen molar-refractivity contribution < 1.29 is 9.53 Å². The van der Waals surface area contributed by atoms with Crippen LogP contribution in [0.3, 0.4) is 0 Å². The molecule has 1 saturated heterocycles. The second-order valence-corrected chi connectivity index (χ2v) is 6.72. The Morgan fingerprint density at radius 3 is 2.79 bits per heavy atom. The lowest BCUT2D eigenvalue weighted by Gasteiger charge is -2.20. The number of rotatable bonds is 5. The summed E-state index contributed by atoms with van der Waals surface area (Å²) in [7, 11) is 0. The molecule has 3 atom stereocenters. The molecule has 2 aromatic rings. The van der Waals surface area contributed by atoms with Gasteiger partial charge in [-0.25, -0.2) is 9.78 Å². The molecule has 0 spiro atoms. The summed E-state index contributed by atoms with van der Waals surface area (Å²) in [5, 5.41) is 4.29. The van der Waals surface area contributed by atoms with Gasteiger partial charge in [-0.15, -0.1) is 0 Å². The molecule has 126 valence electrons. The Morgan fingerprint density at radius 2 is 2.12 bits per heavy atom. The third-order valence-corrected chi connectivity index (χ3v) is 5.07. The van der Waals surface area contributed by atoms with Crippen molar-refractivity contribution in [2.45, 2.75) is 26.3 Å². The minimum absolute atomic E-state index is 0.0155. The number of esters is 1. The van der Waals surface area contributed by atoms with E-state index in [9.17, 15) is 4.79 Å². The number of aromatic nitrogens is 3. The van der Waals surface area contributed by atoms with Crippen LogP contribution < -0.4 is 4.90 Å². The van der Waals surface area contributed by atoms with Gasteiger partial charge >= 0.3 is 5.97 Å². The highest BCUT2D eigenvalue weighted by atomic mass is 16.5. The van der Waals surface area contributed by atoms with Gasteiger partial charge in [0.2, 0.25) is 0 Å². The molecule has 1 saturated carbocycles. The SMILES string of the molecule is CCOC(=O)c1cnn(C(C)c2ccc(N3CC4CC4C3)nc2)c1. The molecule has 0 N–H and O–H groups in total. The van der Waals surface area contributed by atoms with Crippen LogP contribution in [-0.2, 0) is 4.74 Å². The maximum Gasteiger partial charge on any atom is 0.341 e. The van der Waals surface area contributed by atoms with E-state index in [1.54, 1.807) is 24.0 Å². The summed E-state index contributed by atoms with van der Waals surface area (Å²) in [5.41, 5.74) is 1.55. The highest BCUT2D eigenvalue weighted by molar-refractivity contribution is 5.88. The standard InChI is InChI=1S/C18H22N4O2/c1-3-24-18(23)16-8-20-22(11-16)12(2)13-4-5-17(19-7-13)21-9-14-6-15(14)10-21/h4-5,7-8,11-12,14-15H,3,6,9-10H2,1-2H3. The number of carbonyl (C=O) groups excluding carboxylic acids is 1. The van der Waals surface area contributed by atoms with Crippen molar-refractivity contribution in [1.82, 2.24) is 14.8 Å². The van der Waals surface area contributed by atoms with Crippen LogP contribution in [0.2, 0.25) is 0 Å². The molecule has 2 aliphatic rings. The number of piperidine rings is 1. The Labute approximate surface area is 141 Å². The maximum absolute atomic E-state index is 11.7. The van der Waals surface area contributed by atoms with Gasteiger partial charge in [0.05, 0.1) is 24.4 Å². The zero-order chi connectivity index (χ0) is 16.7. The molecule has 0 bridgehead atoms. The van der Waals surface area contributed by atoms with E-state index in [-0.39, 0.29) is 12.0 Å². The van der Waals surface area contributed by atoms with Crippen molar-refractivity contribution in [1.29, 1.82) is 0 Å².